The maximum Gasteiger partial charge on any atom is 0.313 e. The first kappa shape index (κ1) is 21.2. The van der Waals surface area contributed by atoms with E-state index in [0.29, 0.717) is 5.75 Å². The van der Waals surface area contributed by atoms with Gasteiger partial charge in [-0.3, -0.25) is 9.20 Å². The summed E-state index contributed by atoms with van der Waals surface area (Å²) in [5, 5.41) is 0.776. The van der Waals surface area contributed by atoms with Gasteiger partial charge in [0, 0.05) is 18.7 Å². The van der Waals surface area contributed by atoms with Crippen LogP contribution in [0.1, 0.15) is 45.0 Å². The van der Waals surface area contributed by atoms with Crippen LogP contribution >= 0.6 is 0 Å². The number of aromatic nitrogens is 4. The van der Waals surface area contributed by atoms with E-state index in [1.807, 2.05) is 56.4 Å². The summed E-state index contributed by atoms with van der Waals surface area (Å²) < 4.78 is 10.1. The van der Waals surface area contributed by atoms with E-state index in [-0.39, 0.29) is 17.8 Å². The van der Waals surface area contributed by atoms with Crippen LogP contribution in [-0.2, 0) is 17.8 Å². The van der Waals surface area contributed by atoms with Crippen LogP contribution < -0.4 is 4.74 Å². The van der Waals surface area contributed by atoms with Crippen molar-refractivity contribution in [1.29, 1.82) is 0 Å². The fourth-order valence-electron chi connectivity index (χ4n) is 4.19. The molecule has 6 nitrogen and oxygen atoms in total. The Morgan fingerprint density at radius 2 is 1.67 bits per heavy atom. The number of para-hydroxylation sites is 2. The summed E-state index contributed by atoms with van der Waals surface area (Å²) in [4.78, 5) is 22.6. The SMILES string of the molecule is CC(C)C(=O)Oc1cn(CCc2ccccc2)c2nc(C(C)C)n3c4ccccc4nc3c12. The van der Waals surface area contributed by atoms with Crippen LogP contribution in [0.4, 0.5) is 0 Å². The first-order valence-electron chi connectivity index (χ1n) is 11.5. The number of rotatable bonds is 6. The molecule has 3 aromatic heterocycles. The molecule has 5 aromatic rings. The highest BCUT2D eigenvalue weighted by Crippen LogP contribution is 2.35. The summed E-state index contributed by atoms with van der Waals surface area (Å²) in [6.07, 6.45) is 2.76. The molecular formula is C27H28N4O2. The number of benzene rings is 2. The number of ether oxygens (including phenoxy) is 1. The Kier molecular flexibility index (Phi) is 5.36. The van der Waals surface area contributed by atoms with Crippen molar-refractivity contribution in [3.05, 3.63) is 72.2 Å². The molecule has 0 radical (unpaired) electrons. The van der Waals surface area contributed by atoms with Crippen LogP contribution in [0.3, 0.4) is 0 Å². The van der Waals surface area contributed by atoms with E-state index in [0.717, 1.165) is 46.5 Å². The van der Waals surface area contributed by atoms with Crippen molar-refractivity contribution in [2.45, 2.75) is 46.6 Å². The molecule has 0 aliphatic heterocycles. The molecule has 33 heavy (non-hydrogen) atoms. The monoisotopic (exact) mass is 440 g/mol. The van der Waals surface area contributed by atoms with Gasteiger partial charge in [-0.25, -0.2) is 9.97 Å². The lowest BCUT2D eigenvalue weighted by atomic mass is 10.1. The van der Waals surface area contributed by atoms with E-state index in [1.165, 1.54) is 5.56 Å². The summed E-state index contributed by atoms with van der Waals surface area (Å²) >= 11 is 0. The van der Waals surface area contributed by atoms with Crippen LogP contribution in [0.25, 0.3) is 27.7 Å². The molecule has 0 atom stereocenters. The topological polar surface area (TPSA) is 61.4 Å². The van der Waals surface area contributed by atoms with E-state index >= 15 is 0 Å². The first-order chi connectivity index (χ1) is 15.9. The molecule has 0 spiro atoms. The van der Waals surface area contributed by atoms with Crippen LogP contribution in [0, 0.1) is 5.92 Å². The third kappa shape index (κ3) is 3.75. The zero-order chi connectivity index (χ0) is 23.1. The number of carbonyl (C=O) groups is 1. The van der Waals surface area contributed by atoms with Gasteiger partial charge in [-0.05, 0) is 24.1 Å². The molecule has 0 aliphatic rings. The Bertz CT molecular complexity index is 1460. The van der Waals surface area contributed by atoms with Crippen molar-refractivity contribution in [2.24, 2.45) is 5.92 Å². The first-order valence-corrected chi connectivity index (χ1v) is 11.5. The molecule has 0 N–H and O–H groups in total. The number of imidazole rings is 1. The third-order valence-electron chi connectivity index (χ3n) is 5.93. The quantitative estimate of drug-likeness (QED) is 0.315. The van der Waals surface area contributed by atoms with E-state index in [1.54, 1.807) is 0 Å². The van der Waals surface area contributed by atoms with E-state index in [9.17, 15) is 4.79 Å². The minimum absolute atomic E-state index is 0.189. The lowest BCUT2D eigenvalue weighted by Gasteiger charge is -2.12. The van der Waals surface area contributed by atoms with Gasteiger partial charge >= 0.3 is 5.97 Å². The summed E-state index contributed by atoms with van der Waals surface area (Å²) in [7, 11) is 0. The van der Waals surface area contributed by atoms with Gasteiger partial charge < -0.3 is 9.30 Å². The summed E-state index contributed by atoms with van der Waals surface area (Å²) in [5.41, 5.74) is 4.71. The van der Waals surface area contributed by atoms with Crippen molar-refractivity contribution in [3.63, 3.8) is 0 Å². The second-order valence-electron chi connectivity index (χ2n) is 9.08. The van der Waals surface area contributed by atoms with Gasteiger partial charge in [0.2, 0.25) is 0 Å². The molecule has 0 fully saturated rings. The summed E-state index contributed by atoms with van der Waals surface area (Å²) in [6.45, 7) is 8.68. The van der Waals surface area contributed by atoms with Crippen molar-refractivity contribution in [3.8, 4) is 5.75 Å². The lowest BCUT2D eigenvalue weighted by Crippen LogP contribution is -2.14. The number of nitrogens with zero attached hydrogens (tertiary/aromatic N) is 4. The fourth-order valence-corrected chi connectivity index (χ4v) is 4.19. The number of fused-ring (bicyclic) bond motifs is 5. The van der Waals surface area contributed by atoms with Crippen LogP contribution in [-0.4, -0.2) is 24.9 Å². The van der Waals surface area contributed by atoms with Gasteiger partial charge in [0.05, 0.1) is 17.0 Å². The Morgan fingerprint density at radius 1 is 0.939 bits per heavy atom. The molecule has 0 aliphatic carbocycles. The number of hydrogen-bond acceptors (Lipinski definition) is 4. The predicted octanol–water partition coefficient (Wildman–Crippen LogP) is 5.76. The molecule has 0 saturated heterocycles. The van der Waals surface area contributed by atoms with Gasteiger partial charge in [-0.1, -0.05) is 70.2 Å². The zero-order valence-electron chi connectivity index (χ0n) is 19.4. The fraction of sp³-hybridized carbons (Fsp3) is 0.296. The molecule has 2 aromatic carbocycles. The number of aryl methyl sites for hydroxylation is 2. The molecule has 0 saturated carbocycles. The Balaban J connectivity index is 1.76. The standard InChI is InChI=1S/C27H28N4O2/c1-17(2)24-29-25-23(26-28-20-12-8-9-13-21(20)31(24)26)22(33-27(32)18(3)4)16-30(25)15-14-19-10-6-5-7-11-19/h5-13,16-18H,14-15H2,1-4H3. The largest absolute Gasteiger partial charge is 0.424 e. The Hall–Kier alpha value is -3.67. The van der Waals surface area contributed by atoms with Gasteiger partial charge in [0.15, 0.2) is 11.4 Å². The molecule has 5 rings (SSSR count). The van der Waals surface area contributed by atoms with Gasteiger partial charge in [0.1, 0.15) is 16.9 Å². The van der Waals surface area contributed by atoms with Crippen LogP contribution in [0.2, 0.25) is 0 Å². The third-order valence-corrected chi connectivity index (χ3v) is 5.93. The van der Waals surface area contributed by atoms with E-state index in [2.05, 4.69) is 41.0 Å². The second-order valence-corrected chi connectivity index (χ2v) is 9.08. The van der Waals surface area contributed by atoms with Crippen LogP contribution in [0.5, 0.6) is 5.75 Å². The van der Waals surface area contributed by atoms with Gasteiger partial charge in [-0.15, -0.1) is 0 Å². The molecular weight excluding hydrogens is 412 g/mol. The van der Waals surface area contributed by atoms with Crippen molar-refractivity contribution in [2.75, 3.05) is 0 Å². The molecule has 6 heteroatoms. The van der Waals surface area contributed by atoms with Crippen molar-refractivity contribution < 1.29 is 9.53 Å². The normalized spacial score (nSPS) is 11.9. The number of carbonyl (C=O) groups excluding carboxylic acids is 1. The Labute approximate surface area is 192 Å². The highest BCUT2D eigenvalue weighted by molar-refractivity contribution is 6.01. The maximum absolute atomic E-state index is 12.5. The van der Waals surface area contributed by atoms with E-state index in [4.69, 9.17) is 14.7 Å². The van der Waals surface area contributed by atoms with Crippen LogP contribution in [0.15, 0.2) is 60.8 Å². The molecule has 3 heterocycles. The zero-order valence-corrected chi connectivity index (χ0v) is 19.4. The maximum atomic E-state index is 12.5. The smallest absolute Gasteiger partial charge is 0.313 e. The Morgan fingerprint density at radius 3 is 2.39 bits per heavy atom. The number of hydrogen-bond donors (Lipinski definition) is 0. The molecule has 0 unspecified atom stereocenters. The van der Waals surface area contributed by atoms with Gasteiger partial charge in [0.25, 0.3) is 0 Å². The minimum Gasteiger partial charge on any atom is -0.424 e. The lowest BCUT2D eigenvalue weighted by molar-refractivity contribution is -0.137. The highest BCUT2D eigenvalue weighted by atomic mass is 16.5. The predicted molar refractivity (Wildman–Crippen MR) is 131 cm³/mol. The molecule has 0 amide bonds. The van der Waals surface area contributed by atoms with Gasteiger partial charge in [-0.2, -0.15) is 0 Å². The van der Waals surface area contributed by atoms with Crippen molar-refractivity contribution in [1.82, 2.24) is 18.9 Å². The average molecular weight is 441 g/mol. The summed E-state index contributed by atoms with van der Waals surface area (Å²) in [6, 6.07) is 18.4. The summed E-state index contributed by atoms with van der Waals surface area (Å²) in [5.74, 6) is 1.14. The van der Waals surface area contributed by atoms with E-state index < -0.39 is 0 Å². The van der Waals surface area contributed by atoms with Crippen molar-refractivity contribution >= 4 is 33.7 Å². The average Bonchev–Trinajstić information content (AvgIpc) is 3.36. The molecule has 0 bridgehead atoms. The molecule has 168 valence electrons. The highest BCUT2D eigenvalue weighted by Gasteiger charge is 2.24. The second kappa shape index (κ2) is 8.35. The minimum atomic E-state index is -0.265. The number of esters is 1.